The van der Waals surface area contributed by atoms with Gasteiger partial charge in [-0.3, -0.25) is 10.1 Å². The van der Waals surface area contributed by atoms with Crippen LogP contribution < -0.4 is 5.32 Å². The summed E-state index contributed by atoms with van der Waals surface area (Å²) in [6, 6.07) is 15.5. The first-order chi connectivity index (χ1) is 10.7. The van der Waals surface area contributed by atoms with E-state index in [2.05, 4.69) is 17.4 Å². The molecule has 0 spiro atoms. The van der Waals surface area contributed by atoms with Crippen LogP contribution in [-0.2, 0) is 4.74 Å². The molecule has 3 unspecified atom stereocenters. The van der Waals surface area contributed by atoms with Gasteiger partial charge in [-0.15, -0.1) is 0 Å². The molecular weight excluding hydrogens is 280 g/mol. The van der Waals surface area contributed by atoms with Gasteiger partial charge in [0.2, 0.25) is 0 Å². The maximum absolute atomic E-state index is 11.0. The van der Waals surface area contributed by atoms with Crippen molar-refractivity contribution in [2.75, 3.05) is 11.9 Å². The Morgan fingerprint density at radius 2 is 2.00 bits per heavy atom. The van der Waals surface area contributed by atoms with Crippen LogP contribution in [0.15, 0.2) is 48.5 Å². The molecule has 2 aromatic rings. The highest BCUT2D eigenvalue weighted by atomic mass is 16.6. The molecule has 1 saturated heterocycles. The molecular formula is C17H16N2O3. The van der Waals surface area contributed by atoms with Gasteiger partial charge in [-0.1, -0.05) is 30.3 Å². The van der Waals surface area contributed by atoms with Crippen molar-refractivity contribution in [2.45, 2.75) is 18.6 Å². The molecule has 0 aromatic heterocycles. The standard InChI is InChI=1S/C17H16N2O3/c20-19(21)12-6-7-15-14(10-12)17-13(8-9-22-17)16(18-15)11-4-2-1-3-5-11/h1-7,10,13,16-18H,8-9H2. The number of benzene rings is 2. The summed E-state index contributed by atoms with van der Waals surface area (Å²) in [5.41, 5.74) is 3.19. The van der Waals surface area contributed by atoms with Gasteiger partial charge in [0.1, 0.15) is 0 Å². The summed E-state index contributed by atoms with van der Waals surface area (Å²) in [5, 5.41) is 14.6. The molecule has 0 bridgehead atoms. The number of rotatable bonds is 2. The minimum Gasteiger partial charge on any atom is -0.378 e. The molecule has 112 valence electrons. The van der Waals surface area contributed by atoms with Crippen LogP contribution in [0.5, 0.6) is 0 Å². The Kier molecular flexibility index (Phi) is 3.08. The lowest BCUT2D eigenvalue weighted by Gasteiger charge is -2.36. The maximum Gasteiger partial charge on any atom is 0.269 e. The molecule has 5 heteroatoms. The normalized spacial score (nSPS) is 25.9. The number of nitro benzene ring substituents is 1. The monoisotopic (exact) mass is 296 g/mol. The van der Waals surface area contributed by atoms with Gasteiger partial charge in [-0.25, -0.2) is 0 Å². The molecule has 5 nitrogen and oxygen atoms in total. The van der Waals surface area contributed by atoms with Crippen LogP contribution in [0.3, 0.4) is 0 Å². The molecule has 3 atom stereocenters. The first kappa shape index (κ1) is 13.3. The van der Waals surface area contributed by atoms with Crippen molar-refractivity contribution in [3.05, 3.63) is 69.8 Å². The van der Waals surface area contributed by atoms with E-state index in [0.29, 0.717) is 12.5 Å². The summed E-state index contributed by atoms with van der Waals surface area (Å²) >= 11 is 0. The zero-order valence-corrected chi connectivity index (χ0v) is 11.9. The smallest absolute Gasteiger partial charge is 0.269 e. The van der Waals surface area contributed by atoms with E-state index in [-0.39, 0.29) is 22.8 Å². The first-order valence-corrected chi connectivity index (χ1v) is 7.45. The van der Waals surface area contributed by atoms with Gasteiger partial charge in [-0.05, 0) is 18.1 Å². The molecule has 0 amide bonds. The summed E-state index contributed by atoms with van der Waals surface area (Å²) < 4.78 is 5.91. The highest BCUT2D eigenvalue weighted by Gasteiger charge is 2.41. The van der Waals surface area contributed by atoms with Gasteiger partial charge in [0.05, 0.1) is 17.1 Å². The first-order valence-electron chi connectivity index (χ1n) is 7.45. The van der Waals surface area contributed by atoms with Crippen molar-refractivity contribution < 1.29 is 9.66 Å². The summed E-state index contributed by atoms with van der Waals surface area (Å²) in [5.74, 6) is 0.303. The van der Waals surface area contributed by atoms with E-state index in [1.807, 2.05) is 18.2 Å². The summed E-state index contributed by atoms with van der Waals surface area (Å²) in [7, 11) is 0. The Balaban J connectivity index is 1.78. The third kappa shape index (κ3) is 2.05. The van der Waals surface area contributed by atoms with Crippen LogP contribution in [-0.4, -0.2) is 11.5 Å². The number of nitrogens with one attached hydrogen (secondary N) is 1. The number of nitrogens with zero attached hydrogens (tertiary/aromatic N) is 1. The van der Waals surface area contributed by atoms with Crippen molar-refractivity contribution in [1.82, 2.24) is 0 Å². The summed E-state index contributed by atoms with van der Waals surface area (Å²) in [4.78, 5) is 10.7. The number of nitro groups is 1. The molecule has 0 radical (unpaired) electrons. The van der Waals surface area contributed by atoms with E-state index in [9.17, 15) is 10.1 Å². The van der Waals surface area contributed by atoms with Crippen LogP contribution in [0.2, 0.25) is 0 Å². The lowest BCUT2D eigenvalue weighted by atomic mass is 9.81. The van der Waals surface area contributed by atoms with Gasteiger partial charge in [0.15, 0.2) is 0 Å². The molecule has 2 aliphatic heterocycles. The Morgan fingerprint density at radius 3 is 2.77 bits per heavy atom. The molecule has 2 aliphatic rings. The van der Waals surface area contributed by atoms with Crippen LogP contribution in [0, 0.1) is 16.0 Å². The van der Waals surface area contributed by atoms with E-state index < -0.39 is 0 Å². The van der Waals surface area contributed by atoms with Crippen molar-refractivity contribution in [2.24, 2.45) is 5.92 Å². The van der Waals surface area contributed by atoms with Crippen molar-refractivity contribution in [1.29, 1.82) is 0 Å². The predicted molar refractivity (Wildman–Crippen MR) is 82.7 cm³/mol. The maximum atomic E-state index is 11.0. The third-order valence-electron chi connectivity index (χ3n) is 4.59. The molecule has 1 N–H and O–H groups in total. The highest BCUT2D eigenvalue weighted by Crippen LogP contribution is 2.50. The number of fused-ring (bicyclic) bond motifs is 3. The Morgan fingerprint density at radius 1 is 1.18 bits per heavy atom. The van der Waals surface area contributed by atoms with E-state index >= 15 is 0 Å². The summed E-state index contributed by atoms with van der Waals surface area (Å²) in [6.45, 7) is 0.697. The molecule has 2 aromatic carbocycles. The fraction of sp³-hybridized carbons (Fsp3) is 0.294. The minimum atomic E-state index is -0.354. The van der Waals surface area contributed by atoms with Crippen LogP contribution in [0.4, 0.5) is 11.4 Å². The number of hydrogen-bond donors (Lipinski definition) is 1. The minimum absolute atomic E-state index is 0.0682. The SMILES string of the molecule is O=[N+]([O-])c1ccc2c(c1)C1OCCC1C(c1ccccc1)N2. The van der Waals surface area contributed by atoms with Crippen LogP contribution in [0.25, 0.3) is 0 Å². The van der Waals surface area contributed by atoms with Gasteiger partial charge in [-0.2, -0.15) is 0 Å². The lowest BCUT2D eigenvalue weighted by Crippen LogP contribution is -2.29. The van der Waals surface area contributed by atoms with E-state index in [1.165, 1.54) is 5.56 Å². The number of anilines is 1. The zero-order chi connectivity index (χ0) is 15.1. The van der Waals surface area contributed by atoms with Gasteiger partial charge < -0.3 is 10.1 Å². The number of ether oxygens (including phenoxy) is 1. The molecule has 0 saturated carbocycles. The predicted octanol–water partition coefficient (Wildman–Crippen LogP) is 3.84. The van der Waals surface area contributed by atoms with Crippen LogP contribution in [0.1, 0.15) is 29.7 Å². The van der Waals surface area contributed by atoms with Gasteiger partial charge >= 0.3 is 0 Å². The highest BCUT2D eigenvalue weighted by molar-refractivity contribution is 5.60. The Hall–Kier alpha value is -2.40. The van der Waals surface area contributed by atoms with Crippen molar-refractivity contribution >= 4 is 11.4 Å². The Bertz CT molecular complexity index is 717. The second-order valence-corrected chi connectivity index (χ2v) is 5.81. The lowest BCUT2D eigenvalue weighted by molar-refractivity contribution is -0.385. The van der Waals surface area contributed by atoms with Crippen LogP contribution >= 0.6 is 0 Å². The molecule has 2 heterocycles. The van der Waals surface area contributed by atoms with Crippen molar-refractivity contribution in [3.63, 3.8) is 0 Å². The van der Waals surface area contributed by atoms with Gasteiger partial charge in [0, 0.05) is 35.9 Å². The number of non-ortho nitro benzene ring substituents is 1. The average molecular weight is 296 g/mol. The average Bonchev–Trinajstić information content (AvgIpc) is 3.04. The van der Waals surface area contributed by atoms with Crippen molar-refractivity contribution in [3.8, 4) is 0 Å². The van der Waals surface area contributed by atoms with Gasteiger partial charge in [0.25, 0.3) is 5.69 Å². The fourth-order valence-corrected chi connectivity index (χ4v) is 3.56. The fourth-order valence-electron chi connectivity index (χ4n) is 3.56. The molecule has 22 heavy (non-hydrogen) atoms. The second kappa shape index (κ2) is 5.10. The molecule has 4 rings (SSSR count). The topological polar surface area (TPSA) is 64.4 Å². The third-order valence-corrected chi connectivity index (χ3v) is 4.59. The van der Waals surface area contributed by atoms with E-state index in [0.717, 1.165) is 17.7 Å². The largest absolute Gasteiger partial charge is 0.378 e. The zero-order valence-electron chi connectivity index (χ0n) is 11.9. The quantitative estimate of drug-likeness (QED) is 0.675. The van der Waals surface area contributed by atoms with E-state index in [1.54, 1.807) is 18.2 Å². The molecule has 1 fully saturated rings. The molecule has 0 aliphatic carbocycles. The van der Waals surface area contributed by atoms with E-state index in [4.69, 9.17) is 4.74 Å². The Labute approximate surface area is 128 Å². The summed E-state index contributed by atoms with van der Waals surface area (Å²) in [6.07, 6.45) is 0.890. The second-order valence-electron chi connectivity index (χ2n) is 5.81. The number of hydrogen-bond acceptors (Lipinski definition) is 4.